The topological polar surface area (TPSA) is 47.3 Å². The molecule has 3 heterocycles. The van der Waals surface area contributed by atoms with Crippen molar-refractivity contribution in [1.82, 2.24) is 14.4 Å². The molecule has 96 valence electrons. The summed E-state index contributed by atoms with van der Waals surface area (Å²) in [5, 5.41) is 3.20. The van der Waals surface area contributed by atoms with Gasteiger partial charge >= 0.3 is 0 Å². The molecule has 0 saturated carbocycles. The minimum Gasteiger partial charge on any atom is -0.269 e. The third-order valence-corrected chi connectivity index (χ3v) is 4.65. The van der Waals surface area contributed by atoms with Crippen molar-refractivity contribution < 1.29 is 0 Å². The molecule has 0 unspecified atom stereocenters. The van der Waals surface area contributed by atoms with E-state index in [4.69, 9.17) is 11.6 Å². The third-order valence-electron chi connectivity index (χ3n) is 2.44. The van der Waals surface area contributed by atoms with E-state index in [1.54, 1.807) is 30.6 Å². The Labute approximate surface area is 122 Å². The molecule has 0 aliphatic heterocycles. The van der Waals surface area contributed by atoms with Gasteiger partial charge in [-0.15, -0.1) is 11.3 Å². The zero-order chi connectivity index (χ0) is 13.2. The molecule has 0 amide bonds. The molecule has 19 heavy (non-hydrogen) atoms. The molecule has 0 spiro atoms. The molecule has 4 nitrogen and oxygen atoms in total. The Morgan fingerprint density at radius 2 is 2.37 bits per heavy atom. The van der Waals surface area contributed by atoms with E-state index in [2.05, 4.69) is 9.97 Å². The van der Waals surface area contributed by atoms with Gasteiger partial charge in [0.25, 0.3) is 5.56 Å². The Hall–Kier alpha value is -1.37. The predicted molar refractivity (Wildman–Crippen MR) is 78.1 cm³/mol. The van der Waals surface area contributed by atoms with Gasteiger partial charge in [0.2, 0.25) is 0 Å². The molecule has 0 bridgehead atoms. The van der Waals surface area contributed by atoms with Crippen molar-refractivity contribution in [3.63, 3.8) is 0 Å². The number of nitrogens with zero attached hydrogens (tertiary/aromatic N) is 3. The van der Waals surface area contributed by atoms with Gasteiger partial charge in [-0.1, -0.05) is 23.4 Å². The van der Waals surface area contributed by atoms with Crippen LogP contribution in [0.3, 0.4) is 0 Å². The summed E-state index contributed by atoms with van der Waals surface area (Å²) in [6.45, 7) is 0. The summed E-state index contributed by atoms with van der Waals surface area (Å²) < 4.78 is 1.53. The Balaban J connectivity index is 1.86. The van der Waals surface area contributed by atoms with Crippen LogP contribution >= 0.6 is 34.7 Å². The molecule has 3 aromatic heterocycles. The van der Waals surface area contributed by atoms with Crippen molar-refractivity contribution in [3.05, 3.63) is 57.0 Å². The molecule has 0 N–H and O–H groups in total. The van der Waals surface area contributed by atoms with E-state index in [9.17, 15) is 4.79 Å². The molecule has 7 heteroatoms. The summed E-state index contributed by atoms with van der Waals surface area (Å²) in [5.41, 5.74) is 0.674. The van der Waals surface area contributed by atoms with Crippen molar-refractivity contribution in [2.45, 2.75) is 10.8 Å². The molecule has 0 aromatic carbocycles. The number of aromatic nitrogens is 3. The van der Waals surface area contributed by atoms with Gasteiger partial charge in [-0.2, -0.15) is 0 Å². The maximum atomic E-state index is 11.8. The number of hydrogen-bond donors (Lipinski definition) is 0. The number of fused-ring (bicyclic) bond motifs is 1. The number of thiazole rings is 1. The Morgan fingerprint density at radius 1 is 1.47 bits per heavy atom. The van der Waals surface area contributed by atoms with E-state index in [0.717, 1.165) is 10.7 Å². The summed E-state index contributed by atoms with van der Waals surface area (Å²) in [6.07, 6.45) is 3.42. The second-order valence-corrected chi connectivity index (χ2v) is 5.96. The molecule has 0 aliphatic carbocycles. The zero-order valence-corrected chi connectivity index (χ0v) is 12.0. The van der Waals surface area contributed by atoms with Gasteiger partial charge < -0.3 is 0 Å². The first-order chi connectivity index (χ1) is 9.24. The van der Waals surface area contributed by atoms with E-state index in [1.807, 2.05) is 5.38 Å². The van der Waals surface area contributed by atoms with Crippen LogP contribution in [0, 0.1) is 0 Å². The Morgan fingerprint density at radius 3 is 3.21 bits per heavy atom. The van der Waals surface area contributed by atoms with Crippen molar-refractivity contribution in [3.8, 4) is 0 Å². The molecule has 0 radical (unpaired) electrons. The van der Waals surface area contributed by atoms with E-state index >= 15 is 0 Å². The normalized spacial score (nSPS) is 11.0. The molecule has 3 aromatic rings. The maximum absolute atomic E-state index is 11.8. The minimum atomic E-state index is -0.0611. The van der Waals surface area contributed by atoms with Gasteiger partial charge in [-0.05, 0) is 12.1 Å². The molecule has 0 atom stereocenters. The average Bonchev–Trinajstić information content (AvgIpc) is 2.87. The monoisotopic (exact) mass is 309 g/mol. The largest absolute Gasteiger partial charge is 0.269 e. The van der Waals surface area contributed by atoms with Crippen LogP contribution in [0.1, 0.15) is 5.69 Å². The summed E-state index contributed by atoms with van der Waals surface area (Å²) in [7, 11) is 0. The van der Waals surface area contributed by atoms with E-state index in [1.165, 1.54) is 27.5 Å². The number of thioether (sulfide) groups is 1. The molecular formula is C12H8ClN3OS2. The molecular weight excluding hydrogens is 302 g/mol. The lowest BCUT2D eigenvalue weighted by Crippen LogP contribution is -2.12. The van der Waals surface area contributed by atoms with Gasteiger partial charge in [0.05, 0.1) is 10.7 Å². The summed E-state index contributed by atoms with van der Waals surface area (Å²) in [5.74, 6) is 0.570. The van der Waals surface area contributed by atoms with Crippen LogP contribution in [-0.4, -0.2) is 14.4 Å². The molecule has 0 aliphatic rings. The van der Waals surface area contributed by atoms with Crippen molar-refractivity contribution in [2.75, 3.05) is 0 Å². The van der Waals surface area contributed by atoms with Crippen LogP contribution in [0.15, 0.2) is 45.8 Å². The lowest BCUT2D eigenvalue weighted by Gasteiger charge is -2.02. The first-order valence-electron chi connectivity index (χ1n) is 5.43. The standard InChI is InChI=1S/C12H8ClN3OS2/c13-9-2-1-3-14-11(9)19-7-8-6-10(17)16-4-5-18-12(16)15-8/h1-6H,7H2. The predicted octanol–water partition coefficient (Wildman–Crippen LogP) is 3.10. The zero-order valence-electron chi connectivity index (χ0n) is 9.62. The van der Waals surface area contributed by atoms with Crippen LogP contribution in [0.5, 0.6) is 0 Å². The van der Waals surface area contributed by atoms with Crippen LogP contribution in [0.25, 0.3) is 4.96 Å². The highest BCUT2D eigenvalue weighted by atomic mass is 35.5. The Bertz CT molecular complexity index is 784. The number of halogens is 1. The van der Waals surface area contributed by atoms with Gasteiger partial charge in [-0.3, -0.25) is 9.20 Å². The second kappa shape index (κ2) is 5.32. The van der Waals surface area contributed by atoms with Gasteiger partial charge in [-0.25, -0.2) is 9.97 Å². The first-order valence-corrected chi connectivity index (χ1v) is 7.67. The van der Waals surface area contributed by atoms with Gasteiger partial charge in [0.1, 0.15) is 5.03 Å². The van der Waals surface area contributed by atoms with Gasteiger partial charge in [0.15, 0.2) is 4.96 Å². The fourth-order valence-corrected chi connectivity index (χ4v) is 3.38. The lowest BCUT2D eigenvalue weighted by molar-refractivity contribution is 1.04. The van der Waals surface area contributed by atoms with Crippen LogP contribution < -0.4 is 5.56 Å². The average molecular weight is 310 g/mol. The lowest BCUT2D eigenvalue weighted by atomic mass is 10.4. The van der Waals surface area contributed by atoms with Crippen LogP contribution in [0.2, 0.25) is 5.02 Å². The second-order valence-electron chi connectivity index (χ2n) is 3.72. The van der Waals surface area contributed by atoms with Crippen molar-refractivity contribution in [2.24, 2.45) is 0 Å². The van der Waals surface area contributed by atoms with E-state index in [0.29, 0.717) is 15.7 Å². The summed E-state index contributed by atoms with van der Waals surface area (Å²) in [4.78, 5) is 21.1. The summed E-state index contributed by atoms with van der Waals surface area (Å²) in [6, 6.07) is 5.12. The molecule has 0 saturated heterocycles. The highest BCUT2D eigenvalue weighted by Gasteiger charge is 2.06. The first kappa shape index (κ1) is 12.7. The Kier molecular flexibility index (Phi) is 3.54. The fraction of sp³-hybridized carbons (Fsp3) is 0.0833. The maximum Gasteiger partial charge on any atom is 0.258 e. The van der Waals surface area contributed by atoms with Crippen molar-refractivity contribution >= 4 is 39.7 Å². The number of hydrogen-bond acceptors (Lipinski definition) is 5. The molecule has 3 rings (SSSR count). The smallest absolute Gasteiger partial charge is 0.258 e. The molecule has 0 fully saturated rings. The third kappa shape index (κ3) is 2.65. The van der Waals surface area contributed by atoms with Crippen LogP contribution in [0.4, 0.5) is 0 Å². The highest BCUT2D eigenvalue weighted by Crippen LogP contribution is 2.26. The van der Waals surface area contributed by atoms with E-state index < -0.39 is 0 Å². The number of pyridine rings is 1. The summed E-state index contributed by atoms with van der Waals surface area (Å²) >= 11 is 8.94. The van der Waals surface area contributed by atoms with E-state index in [-0.39, 0.29) is 5.56 Å². The fourth-order valence-electron chi connectivity index (χ4n) is 1.58. The SMILES string of the molecule is O=c1cc(CSc2ncccc2Cl)nc2sccn12. The number of rotatable bonds is 3. The van der Waals surface area contributed by atoms with Gasteiger partial charge in [0, 0.05) is 29.6 Å². The minimum absolute atomic E-state index is 0.0611. The van der Waals surface area contributed by atoms with Crippen molar-refractivity contribution in [1.29, 1.82) is 0 Å². The quantitative estimate of drug-likeness (QED) is 0.698. The van der Waals surface area contributed by atoms with Crippen LogP contribution in [-0.2, 0) is 5.75 Å². The highest BCUT2D eigenvalue weighted by molar-refractivity contribution is 7.98.